The minimum absolute atomic E-state index is 0.208. The summed E-state index contributed by atoms with van der Waals surface area (Å²) in [6.07, 6.45) is 3.35. The molecule has 0 aromatic carbocycles. The van der Waals surface area contributed by atoms with E-state index < -0.39 is 5.97 Å². The second kappa shape index (κ2) is 6.58. The first-order valence-corrected chi connectivity index (χ1v) is 7.33. The Balaban J connectivity index is 2.23. The van der Waals surface area contributed by atoms with E-state index >= 15 is 0 Å². The van der Waals surface area contributed by atoms with Gasteiger partial charge in [-0.1, -0.05) is 11.8 Å². The molecule has 0 spiro atoms. The largest absolute Gasteiger partial charge is 0.496 e. The fourth-order valence-electron chi connectivity index (χ4n) is 2.02. The summed E-state index contributed by atoms with van der Waals surface area (Å²) in [4.78, 5) is 19.7. The zero-order valence-electron chi connectivity index (χ0n) is 12.1. The molecule has 2 heterocycles. The van der Waals surface area contributed by atoms with Crippen LogP contribution in [0.2, 0.25) is 0 Å². The number of hydrogen-bond acceptors (Lipinski definition) is 5. The SMILES string of the molecule is COc1c(C)cnc(CSc2ncccc2C(=O)O)c1C. The van der Waals surface area contributed by atoms with Gasteiger partial charge in [-0.25, -0.2) is 9.78 Å². The Bertz CT molecular complexity index is 674. The first kappa shape index (κ1) is 15.3. The highest BCUT2D eigenvalue weighted by Crippen LogP contribution is 2.29. The molecule has 1 N–H and O–H groups in total. The zero-order valence-corrected chi connectivity index (χ0v) is 12.9. The van der Waals surface area contributed by atoms with Crippen molar-refractivity contribution in [1.82, 2.24) is 9.97 Å². The van der Waals surface area contributed by atoms with Crippen molar-refractivity contribution in [3.8, 4) is 5.75 Å². The summed E-state index contributed by atoms with van der Waals surface area (Å²) < 4.78 is 5.37. The summed E-state index contributed by atoms with van der Waals surface area (Å²) in [6.45, 7) is 3.89. The van der Waals surface area contributed by atoms with Crippen molar-refractivity contribution in [2.75, 3.05) is 7.11 Å². The molecule has 0 aliphatic heterocycles. The predicted molar refractivity (Wildman–Crippen MR) is 81.0 cm³/mol. The molecular formula is C15H16N2O3S. The van der Waals surface area contributed by atoms with Crippen molar-refractivity contribution >= 4 is 17.7 Å². The summed E-state index contributed by atoms with van der Waals surface area (Å²) in [6, 6.07) is 3.17. The lowest BCUT2D eigenvalue weighted by atomic mass is 10.1. The van der Waals surface area contributed by atoms with Gasteiger partial charge in [0.2, 0.25) is 0 Å². The van der Waals surface area contributed by atoms with Crippen LogP contribution < -0.4 is 4.74 Å². The molecule has 0 bridgehead atoms. The second-order valence-electron chi connectivity index (χ2n) is 4.50. The van der Waals surface area contributed by atoms with E-state index in [-0.39, 0.29) is 5.56 Å². The van der Waals surface area contributed by atoms with Gasteiger partial charge in [0.25, 0.3) is 0 Å². The minimum atomic E-state index is -0.975. The van der Waals surface area contributed by atoms with Crippen LogP contribution in [0, 0.1) is 13.8 Å². The first-order chi connectivity index (χ1) is 10.0. The van der Waals surface area contributed by atoms with Crippen molar-refractivity contribution in [3.05, 3.63) is 46.9 Å². The van der Waals surface area contributed by atoms with Crippen molar-refractivity contribution < 1.29 is 14.6 Å². The molecule has 0 amide bonds. The van der Waals surface area contributed by atoms with E-state index in [0.29, 0.717) is 10.8 Å². The lowest BCUT2D eigenvalue weighted by Crippen LogP contribution is -2.02. The van der Waals surface area contributed by atoms with E-state index in [2.05, 4.69) is 9.97 Å². The minimum Gasteiger partial charge on any atom is -0.496 e. The molecule has 110 valence electrons. The number of carboxylic acid groups (broad SMARTS) is 1. The maximum Gasteiger partial charge on any atom is 0.338 e. The smallest absolute Gasteiger partial charge is 0.338 e. The zero-order chi connectivity index (χ0) is 15.4. The predicted octanol–water partition coefficient (Wildman–Crippen LogP) is 3.09. The molecule has 6 heteroatoms. The van der Waals surface area contributed by atoms with Crippen LogP contribution in [0.3, 0.4) is 0 Å². The van der Waals surface area contributed by atoms with Gasteiger partial charge in [-0.3, -0.25) is 4.98 Å². The Labute approximate surface area is 127 Å². The highest BCUT2D eigenvalue weighted by molar-refractivity contribution is 7.98. The molecule has 2 rings (SSSR count). The second-order valence-corrected chi connectivity index (χ2v) is 5.46. The fourth-order valence-corrected chi connectivity index (χ4v) is 3.03. The number of aryl methyl sites for hydroxylation is 1. The fraction of sp³-hybridized carbons (Fsp3) is 0.267. The molecule has 0 saturated carbocycles. The molecule has 0 atom stereocenters. The van der Waals surface area contributed by atoms with Crippen molar-refractivity contribution in [2.24, 2.45) is 0 Å². The molecule has 0 aliphatic rings. The van der Waals surface area contributed by atoms with Gasteiger partial charge in [0, 0.05) is 29.3 Å². The number of carbonyl (C=O) groups is 1. The van der Waals surface area contributed by atoms with Gasteiger partial charge in [-0.05, 0) is 26.0 Å². The van der Waals surface area contributed by atoms with Crippen molar-refractivity contribution in [1.29, 1.82) is 0 Å². The number of carboxylic acids is 1. The number of aromatic nitrogens is 2. The number of nitrogens with zero attached hydrogens (tertiary/aromatic N) is 2. The maximum absolute atomic E-state index is 11.2. The average Bonchev–Trinajstić information content (AvgIpc) is 2.47. The monoisotopic (exact) mass is 304 g/mol. The molecule has 5 nitrogen and oxygen atoms in total. The number of rotatable bonds is 5. The van der Waals surface area contributed by atoms with Crippen LogP contribution in [0.4, 0.5) is 0 Å². The summed E-state index contributed by atoms with van der Waals surface area (Å²) in [5.74, 6) is 0.386. The Morgan fingerprint density at radius 2 is 2.14 bits per heavy atom. The van der Waals surface area contributed by atoms with Crippen molar-refractivity contribution in [3.63, 3.8) is 0 Å². The Kier molecular flexibility index (Phi) is 4.80. The Morgan fingerprint density at radius 3 is 2.81 bits per heavy atom. The quantitative estimate of drug-likeness (QED) is 0.856. The Hall–Kier alpha value is -2.08. The van der Waals surface area contributed by atoms with Gasteiger partial charge in [0.1, 0.15) is 10.8 Å². The van der Waals surface area contributed by atoms with E-state index in [1.807, 2.05) is 13.8 Å². The van der Waals surface area contributed by atoms with Crippen LogP contribution in [0.1, 0.15) is 27.2 Å². The third-order valence-electron chi connectivity index (χ3n) is 3.10. The van der Waals surface area contributed by atoms with Gasteiger partial charge in [-0.15, -0.1) is 0 Å². The molecule has 0 aliphatic carbocycles. The third kappa shape index (κ3) is 3.33. The number of pyridine rings is 2. The van der Waals surface area contributed by atoms with E-state index in [4.69, 9.17) is 9.84 Å². The van der Waals surface area contributed by atoms with Crippen LogP contribution in [-0.4, -0.2) is 28.2 Å². The van der Waals surface area contributed by atoms with E-state index in [9.17, 15) is 4.79 Å². The number of methoxy groups -OCH3 is 1. The van der Waals surface area contributed by atoms with Crippen LogP contribution in [-0.2, 0) is 5.75 Å². The molecule has 2 aromatic heterocycles. The highest BCUT2D eigenvalue weighted by Gasteiger charge is 2.14. The van der Waals surface area contributed by atoms with Crippen molar-refractivity contribution in [2.45, 2.75) is 24.6 Å². The summed E-state index contributed by atoms with van der Waals surface area (Å²) in [5, 5.41) is 9.64. The first-order valence-electron chi connectivity index (χ1n) is 6.34. The molecule has 2 aromatic rings. The van der Waals surface area contributed by atoms with E-state index in [0.717, 1.165) is 22.6 Å². The van der Waals surface area contributed by atoms with Crippen LogP contribution in [0.25, 0.3) is 0 Å². The van der Waals surface area contributed by atoms with Gasteiger partial charge in [0.15, 0.2) is 0 Å². The number of thioether (sulfide) groups is 1. The van der Waals surface area contributed by atoms with Gasteiger partial charge >= 0.3 is 5.97 Å². The maximum atomic E-state index is 11.2. The summed E-state index contributed by atoms with van der Waals surface area (Å²) in [7, 11) is 1.63. The van der Waals surface area contributed by atoms with Gasteiger partial charge in [-0.2, -0.15) is 0 Å². The molecule has 0 radical (unpaired) electrons. The lowest BCUT2D eigenvalue weighted by molar-refractivity contribution is 0.0692. The van der Waals surface area contributed by atoms with E-state index in [1.54, 1.807) is 31.6 Å². The summed E-state index contributed by atoms with van der Waals surface area (Å²) >= 11 is 1.36. The van der Waals surface area contributed by atoms with Crippen LogP contribution in [0.15, 0.2) is 29.6 Å². The standard InChI is InChI=1S/C15H16N2O3S/c1-9-7-17-12(10(2)13(9)20-3)8-21-14-11(15(18)19)5-4-6-16-14/h4-7H,8H2,1-3H3,(H,18,19). The molecule has 0 saturated heterocycles. The Morgan fingerprint density at radius 1 is 1.38 bits per heavy atom. The number of ether oxygens (including phenoxy) is 1. The highest BCUT2D eigenvalue weighted by atomic mass is 32.2. The van der Waals surface area contributed by atoms with E-state index in [1.165, 1.54) is 11.8 Å². The topological polar surface area (TPSA) is 72.3 Å². The van der Waals surface area contributed by atoms with Gasteiger partial charge < -0.3 is 9.84 Å². The third-order valence-corrected chi connectivity index (χ3v) is 4.11. The molecule has 21 heavy (non-hydrogen) atoms. The normalized spacial score (nSPS) is 10.4. The van der Waals surface area contributed by atoms with Crippen LogP contribution in [0.5, 0.6) is 5.75 Å². The number of aromatic carboxylic acids is 1. The molecule has 0 unspecified atom stereocenters. The lowest BCUT2D eigenvalue weighted by Gasteiger charge is -2.12. The number of hydrogen-bond donors (Lipinski definition) is 1. The van der Waals surface area contributed by atoms with Gasteiger partial charge in [0.05, 0.1) is 18.4 Å². The molecular weight excluding hydrogens is 288 g/mol. The summed E-state index contributed by atoms with van der Waals surface area (Å²) in [5.41, 5.74) is 3.02. The van der Waals surface area contributed by atoms with Crippen LogP contribution >= 0.6 is 11.8 Å². The molecule has 0 fully saturated rings. The average molecular weight is 304 g/mol.